The first kappa shape index (κ1) is 20.8. The van der Waals surface area contributed by atoms with E-state index in [-0.39, 0.29) is 6.04 Å². The fourth-order valence-electron chi connectivity index (χ4n) is 4.20. The van der Waals surface area contributed by atoms with E-state index < -0.39 is 0 Å². The van der Waals surface area contributed by atoms with Crippen LogP contribution in [-0.4, -0.2) is 59.5 Å². The molecule has 5 rings (SSSR count). The van der Waals surface area contributed by atoms with Gasteiger partial charge in [-0.05, 0) is 70.5 Å². The predicted molar refractivity (Wildman–Crippen MR) is 123 cm³/mol. The summed E-state index contributed by atoms with van der Waals surface area (Å²) in [4.78, 5) is 13.9. The highest BCUT2D eigenvalue weighted by molar-refractivity contribution is 5.53. The fraction of sp³-hybridized carbons (Fsp3) is 0.500. The molecule has 6 nitrogen and oxygen atoms in total. The van der Waals surface area contributed by atoms with Crippen molar-refractivity contribution in [2.75, 3.05) is 45.2 Å². The van der Waals surface area contributed by atoms with Crippen LogP contribution in [0.4, 0.5) is 5.82 Å². The Morgan fingerprint density at radius 2 is 1.80 bits per heavy atom. The van der Waals surface area contributed by atoms with Gasteiger partial charge in [0.2, 0.25) is 0 Å². The summed E-state index contributed by atoms with van der Waals surface area (Å²) in [7, 11) is 4.15. The molecule has 3 aromatic heterocycles. The summed E-state index contributed by atoms with van der Waals surface area (Å²) < 4.78 is 2.22. The SMILES string of the molecule is CNC(C)c1cn2c(N3CCN(C)CC3)cccc2n1.c1cnc2c(c1)CCCC2. The number of likely N-dealkylation sites (N-methyl/N-ethyl adjacent to an activating group) is 1. The monoisotopic (exact) mass is 406 g/mol. The summed E-state index contributed by atoms with van der Waals surface area (Å²) in [5.74, 6) is 1.25. The summed E-state index contributed by atoms with van der Waals surface area (Å²) in [6.45, 7) is 6.52. The van der Waals surface area contributed by atoms with Crippen molar-refractivity contribution in [1.82, 2.24) is 24.6 Å². The number of hydrogen-bond acceptors (Lipinski definition) is 5. The topological polar surface area (TPSA) is 48.7 Å². The van der Waals surface area contributed by atoms with E-state index in [1.807, 2.05) is 19.3 Å². The summed E-state index contributed by atoms with van der Waals surface area (Å²) in [5, 5.41) is 3.25. The third kappa shape index (κ3) is 4.65. The number of fused-ring (bicyclic) bond motifs is 2. The summed E-state index contributed by atoms with van der Waals surface area (Å²) in [6, 6.07) is 10.9. The van der Waals surface area contributed by atoms with Crippen LogP contribution in [0, 0.1) is 0 Å². The van der Waals surface area contributed by atoms with Crippen LogP contribution in [0.1, 0.15) is 42.8 Å². The minimum Gasteiger partial charge on any atom is -0.355 e. The van der Waals surface area contributed by atoms with Gasteiger partial charge in [0.25, 0.3) is 0 Å². The minimum absolute atomic E-state index is 0.273. The molecule has 160 valence electrons. The van der Waals surface area contributed by atoms with Crippen molar-refractivity contribution in [3.05, 3.63) is 59.7 Å². The molecule has 6 heteroatoms. The molecular weight excluding hydrogens is 372 g/mol. The summed E-state index contributed by atoms with van der Waals surface area (Å²) in [5.41, 5.74) is 4.91. The van der Waals surface area contributed by atoms with Gasteiger partial charge in [-0.15, -0.1) is 0 Å². The molecule has 0 spiro atoms. The number of hydrogen-bond donors (Lipinski definition) is 1. The Morgan fingerprint density at radius 3 is 2.57 bits per heavy atom. The molecule has 4 heterocycles. The quantitative estimate of drug-likeness (QED) is 0.723. The molecule has 1 saturated heterocycles. The number of nitrogens with one attached hydrogen (secondary N) is 1. The number of imidazole rings is 1. The summed E-state index contributed by atoms with van der Waals surface area (Å²) >= 11 is 0. The standard InChI is InChI=1S/C15H23N5.C9H11N/c1-12(16-2)13-11-20-14(17-13)5-4-6-15(20)19-9-7-18(3)8-10-19;1-2-6-9-8(4-1)5-3-7-10-9/h4-6,11-12,16H,7-10H2,1-3H3;3,5,7H,1-2,4,6H2. The maximum atomic E-state index is 4.72. The van der Waals surface area contributed by atoms with Crippen molar-refractivity contribution < 1.29 is 0 Å². The molecule has 0 aromatic carbocycles. The molecule has 0 amide bonds. The van der Waals surface area contributed by atoms with Gasteiger partial charge in [0.15, 0.2) is 0 Å². The van der Waals surface area contributed by atoms with Crippen LogP contribution in [0.5, 0.6) is 0 Å². The Balaban J connectivity index is 0.000000181. The first-order valence-corrected chi connectivity index (χ1v) is 11.2. The largest absolute Gasteiger partial charge is 0.355 e. The van der Waals surface area contributed by atoms with Crippen LogP contribution in [0.2, 0.25) is 0 Å². The zero-order chi connectivity index (χ0) is 20.9. The van der Waals surface area contributed by atoms with E-state index in [0.717, 1.165) is 37.5 Å². The van der Waals surface area contributed by atoms with Gasteiger partial charge in [0.05, 0.1) is 5.69 Å². The smallest absolute Gasteiger partial charge is 0.138 e. The lowest BCUT2D eigenvalue weighted by Gasteiger charge is -2.34. The van der Waals surface area contributed by atoms with Crippen molar-refractivity contribution in [2.24, 2.45) is 0 Å². The van der Waals surface area contributed by atoms with Crippen LogP contribution in [0.3, 0.4) is 0 Å². The molecule has 1 fully saturated rings. The van der Waals surface area contributed by atoms with Gasteiger partial charge < -0.3 is 15.1 Å². The Bertz CT molecular complexity index is 932. The van der Waals surface area contributed by atoms with Gasteiger partial charge in [-0.2, -0.15) is 0 Å². The average molecular weight is 407 g/mol. The predicted octanol–water partition coefficient (Wildman–Crippen LogP) is 3.33. The van der Waals surface area contributed by atoms with Crippen molar-refractivity contribution in [3.63, 3.8) is 0 Å². The van der Waals surface area contributed by atoms with E-state index in [9.17, 15) is 0 Å². The number of piperazine rings is 1. The molecule has 1 atom stereocenters. The van der Waals surface area contributed by atoms with Gasteiger partial charge in [0, 0.05) is 50.3 Å². The lowest BCUT2D eigenvalue weighted by molar-refractivity contribution is 0.312. The maximum absolute atomic E-state index is 4.72. The van der Waals surface area contributed by atoms with Crippen LogP contribution >= 0.6 is 0 Å². The van der Waals surface area contributed by atoms with E-state index in [4.69, 9.17) is 4.98 Å². The molecular formula is C24H34N6. The second-order valence-electron chi connectivity index (χ2n) is 8.39. The third-order valence-electron chi connectivity index (χ3n) is 6.29. The Kier molecular flexibility index (Phi) is 6.65. The number of aromatic nitrogens is 3. The van der Waals surface area contributed by atoms with E-state index >= 15 is 0 Å². The van der Waals surface area contributed by atoms with Gasteiger partial charge in [-0.25, -0.2) is 4.98 Å². The van der Waals surface area contributed by atoms with Crippen LogP contribution in [0.25, 0.3) is 5.65 Å². The van der Waals surface area contributed by atoms with Gasteiger partial charge >= 0.3 is 0 Å². The molecule has 0 bridgehead atoms. The molecule has 3 aromatic rings. The van der Waals surface area contributed by atoms with Crippen LogP contribution in [0.15, 0.2) is 42.7 Å². The number of rotatable bonds is 3. The van der Waals surface area contributed by atoms with Crippen molar-refractivity contribution in [3.8, 4) is 0 Å². The minimum atomic E-state index is 0.273. The molecule has 1 aliphatic carbocycles. The lowest BCUT2D eigenvalue weighted by atomic mass is 9.96. The van der Waals surface area contributed by atoms with Crippen molar-refractivity contribution >= 4 is 11.5 Å². The van der Waals surface area contributed by atoms with E-state index in [0.29, 0.717) is 0 Å². The summed E-state index contributed by atoms with van der Waals surface area (Å²) in [6.07, 6.45) is 9.15. The number of pyridine rings is 2. The first-order valence-electron chi connectivity index (χ1n) is 11.2. The maximum Gasteiger partial charge on any atom is 0.138 e. The van der Waals surface area contributed by atoms with E-state index in [2.05, 4.69) is 68.9 Å². The van der Waals surface area contributed by atoms with E-state index in [1.165, 1.54) is 42.8 Å². The van der Waals surface area contributed by atoms with Gasteiger partial charge in [-0.3, -0.25) is 9.38 Å². The van der Waals surface area contributed by atoms with Gasteiger partial charge in [0.1, 0.15) is 11.5 Å². The second-order valence-corrected chi connectivity index (χ2v) is 8.39. The molecule has 2 aliphatic rings. The first-order chi connectivity index (χ1) is 14.7. The highest BCUT2D eigenvalue weighted by Gasteiger charge is 2.17. The number of anilines is 1. The molecule has 0 saturated carbocycles. The molecule has 1 unspecified atom stereocenters. The van der Waals surface area contributed by atoms with E-state index in [1.54, 1.807) is 0 Å². The van der Waals surface area contributed by atoms with Gasteiger partial charge in [-0.1, -0.05) is 12.1 Å². The molecule has 30 heavy (non-hydrogen) atoms. The molecule has 1 aliphatic heterocycles. The normalized spacial score (nSPS) is 17.9. The second kappa shape index (κ2) is 9.58. The fourth-order valence-corrected chi connectivity index (χ4v) is 4.20. The number of nitrogens with zero attached hydrogens (tertiary/aromatic N) is 5. The Labute approximate surface area is 179 Å². The average Bonchev–Trinajstić information content (AvgIpc) is 3.24. The zero-order valence-corrected chi connectivity index (χ0v) is 18.5. The van der Waals surface area contributed by atoms with Crippen molar-refractivity contribution in [2.45, 2.75) is 38.6 Å². The van der Waals surface area contributed by atoms with Crippen molar-refractivity contribution in [1.29, 1.82) is 0 Å². The van der Waals surface area contributed by atoms with Crippen LogP contribution < -0.4 is 10.2 Å². The highest BCUT2D eigenvalue weighted by Crippen LogP contribution is 2.21. The van der Waals surface area contributed by atoms with Crippen LogP contribution in [-0.2, 0) is 12.8 Å². The number of aryl methyl sites for hydroxylation is 2. The third-order valence-corrected chi connectivity index (χ3v) is 6.29. The zero-order valence-electron chi connectivity index (χ0n) is 18.5. The lowest BCUT2D eigenvalue weighted by Crippen LogP contribution is -2.45. The molecule has 1 N–H and O–H groups in total. The Morgan fingerprint density at radius 1 is 1.00 bits per heavy atom. The molecule has 0 radical (unpaired) electrons. The Hall–Kier alpha value is -2.44. The highest BCUT2D eigenvalue weighted by atomic mass is 15.3.